The molecule has 4 heteroatoms. The predicted molar refractivity (Wildman–Crippen MR) is 54.5 cm³/mol. The molecule has 0 fully saturated rings. The smallest absolute Gasteiger partial charge is 0.166 e. The maximum atomic E-state index is 12.3. The van der Waals surface area contributed by atoms with Gasteiger partial charge in [-0.05, 0) is 18.1 Å². The minimum absolute atomic E-state index is 0.539. The van der Waals surface area contributed by atoms with Crippen LogP contribution in [0.4, 0.5) is 13.2 Å². The Balaban J connectivity index is 2.79. The van der Waals surface area contributed by atoms with Crippen LogP contribution in [0, 0.1) is 0 Å². The average Bonchev–Trinajstić information content (AvgIpc) is 2.14. The Hall–Kier alpha value is -0.773. The second kappa shape index (κ2) is 4.64. The van der Waals surface area contributed by atoms with E-state index in [9.17, 15) is 13.2 Å². The first kappa shape index (κ1) is 11.3. The van der Waals surface area contributed by atoms with E-state index in [1.165, 1.54) is 12.1 Å². The number of halogens is 3. The van der Waals surface area contributed by atoms with E-state index in [4.69, 9.17) is 0 Å². The number of benzene rings is 1. The molecule has 0 heterocycles. The minimum Gasteiger partial charge on any atom is -0.166 e. The van der Waals surface area contributed by atoms with Gasteiger partial charge in [0.2, 0.25) is 0 Å². The minimum atomic E-state index is -4.21. The summed E-state index contributed by atoms with van der Waals surface area (Å²) in [5.41, 5.74) is 0.249. The normalized spacial score (nSPS) is 11.9. The van der Waals surface area contributed by atoms with Crippen LogP contribution < -0.4 is 0 Å². The maximum Gasteiger partial charge on any atom is 0.416 e. The van der Waals surface area contributed by atoms with Crippen molar-refractivity contribution in [3.63, 3.8) is 0 Å². The molecule has 0 N–H and O–H groups in total. The number of aryl methyl sites for hydroxylation is 1. The molecule has 0 aliphatic carbocycles. The Kier molecular flexibility index (Phi) is 3.75. The SMILES string of the molecule is FC(F)(F)c1cccc(CCC[SiH3])c1. The molecule has 1 aromatic carbocycles. The summed E-state index contributed by atoms with van der Waals surface area (Å²) in [5.74, 6) is 0. The molecule has 0 aliphatic heterocycles. The van der Waals surface area contributed by atoms with E-state index in [-0.39, 0.29) is 0 Å². The first-order valence-corrected chi connectivity index (χ1v) is 6.11. The van der Waals surface area contributed by atoms with Gasteiger partial charge in [0.1, 0.15) is 0 Å². The fraction of sp³-hybridized carbons (Fsp3) is 0.400. The van der Waals surface area contributed by atoms with Crippen molar-refractivity contribution in [1.82, 2.24) is 0 Å². The highest BCUT2D eigenvalue weighted by atomic mass is 28.1. The van der Waals surface area contributed by atoms with Crippen molar-refractivity contribution >= 4 is 10.2 Å². The third-order valence-corrected chi connectivity index (χ3v) is 2.78. The highest BCUT2D eigenvalue weighted by Gasteiger charge is 2.30. The molecule has 0 saturated heterocycles. The van der Waals surface area contributed by atoms with Gasteiger partial charge in [-0.3, -0.25) is 0 Å². The van der Waals surface area contributed by atoms with Gasteiger partial charge in [0, 0.05) is 10.2 Å². The fourth-order valence-electron chi connectivity index (χ4n) is 1.28. The van der Waals surface area contributed by atoms with Gasteiger partial charge in [-0.15, -0.1) is 0 Å². The Morgan fingerprint density at radius 3 is 2.50 bits per heavy atom. The third-order valence-electron chi connectivity index (χ3n) is 2.07. The molecule has 0 atom stereocenters. The van der Waals surface area contributed by atoms with Crippen LogP contribution in [0.3, 0.4) is 0 Å². The summed E-state index contributed by atoms with van der Waals surface area (Å²) in [6, 6.07) is 6.73. The molecule has 0 aromatic heterocycles. The highest BCUT2D eigenvalue weighted by Crippen LogP contribution is 2.29. The van der Waals surface area contributed by atoms with E-state index in [2.05, 4.69) is 0 Å². The molecular formula is C10H13F3Si. The van der Waals surface area contributed by atoms with Gasteiger partial charge in [0.15, 0.2) is 0 Å². The van der Waals surface area contributed by atoms with E-state index in [1.54, 1.807) is 6.07 Å². The Morgan fingerprint density at radius 1 is 1.21 bits per heavy atom. The maximum absolute atomic E-state index is 12.3. The number of hydrogen-bond acceptors (Lipinski definition) is 0. The summed E-state index contributed by atoms with van der Waals surface area (Å²) in [5, 5.41) is 0. The number of rotatable bonds is 3. The lowest BCUT2D eigenvalue weighted by Crippen LogP contribution is -2.05. The van der Waals surface area contributed by atoms with Crippen molar-refractivity contribution in [2.45, 2.75) is 25.1 Å². The topological polar surface area (TPSA) is 0 Å². The average molecular weight is 218 g/mol. The number of hydrogen-bond donors (Lipinski definition) is 0. The van der Waals surface area contributed by atoms with Gasteiger partial charge in [0.05, 0.1) is 5.56 Å². The Morgan fingerprint density at radius 2 is 1.93 bits per heavy atom. The van der Waals surface area contributed by atoms with Crippen LogP contribution in [-0.2, 0) is 12.6 Å². The predicted octanol–water partition coefficient (Wildman–Crippen LogP) is 2.42. The first-order chi connectivity index (χ1) is 6.54. The zero-order chi connectivity index (χ0) is 10.6. The van der Waals surface area contributed by atoms with E-state index in [0.717, 1.165) is 40.8 Å². The quantitative estimate of drug-likeness (QED) is 0.683. The van der Waals surface area contributed by atoms with Crippen LogP contribution in [0.1, 0.15) is 17.5 Å². The third kappa shape index (κ3) is 3.18. The van der Waals surface area contributed by atoms with Crippen LogP contribution in [0.25, 0.3) is 0 Å². The van der Waals surface area contributed by atoms with Crippen molar-refractivity contribution in [3.05, 3.63) is 35.4 Å². The second-order valence-electron chi connectivity index (χ2n) is 3.30. The van der Waals surface area contributed by atoms with Crippen molar-refractivity contribution in [1.29, 1.82) is 0 Å². The fourth-order valence-corrected chi connectivity index (χ4v) is 1.64. The summed E-state index contributed by atoms with van der Waals surface area (Å²) >= 11 is 0. The zero-order valence-electron chi connectivity index (χ0n) is 8.06. The van der Waals surface area contributed by atoms with Crippen LogP contribution >= 0.6 is 0 Å². The summed E-state index contributed by atoms with van der Waals surface area (Å²) < 4.78 is 36.9. The lowest BCUT2D eigenvalue weighted by atomic mass is 10.1. The lowest BCUT2D eigenvalue weighted by Gasteiger charge is -2.08. The van der Waals surface area contributed by atoms with Crippen molar-refractivity contribution in [2.75, 3.05) is 0 Å². The Bertz CT molecular complexity index is 294. The van der Waals surface area contributed by atoms with Crippen molar-refractivity contribution in [3.8, 4) is 0 Å². The summed E-state index contributed by atoms with van der Waals surface area (Å²) in [7, 11) is 1.12. The molecule has 0 unspecified atom stereocenters. The zero-order valence-corrected chi connectivity index (χ0v) is 10.1. The molecule has 0 amide bonds. The second-order valence-corrected chi connectivity index (χ2v) is 4.30. The van der Waals surface area contributed by atoms with Gasteiger partial charge in [-0.2, -0.15) is 13.2 Å². The van der Waals surface area contributed by atoms with Crippen molar-refractivity contribution in [2.24, 2.45) is 0 Å². The molecule has 0 saturated carbocycles. The molecular weight excluding hydrogens is 205 g/mol. The molecule has 0 spiro atoms. The molecule has 0 radical (unpaired) electrons. The van der Waals surface area contributed by atoms with Crippen LogP contribution in [0.5, 0.6) is 0 Å². The van der Waals surface area contributed by atoms with Gasteiger partial charge in [0.25, 0.3) is 0 Å². The molecule has 0 bridgehead atoms. The van der Waals surface area contributed by atoms with Crippen molar-refractivity contribution < 1.29 is 13.2 Å². The van der Waals surface area contributed by atoms with E-state index >= 15 is 0 Å². The van der Waals surface area contributed by atoms with Gasteiger partial charge >= 0.3 is 6.18 Å². The standard InChI is InChI=1S/C10H13F3Si/c11-10(12,13)9-5-1-3-8(7-9)4-2-6-14/h1,3,5,7H,2,4,6H2,14H3. The highest BCUT2D eigenvalue weighted by molar-refractivity contribution is 6.08. The molecule has 78 valence electrons. The largest absolute Gasteiger partial charge is 0.416 e. The molecule has 0 aliphatic rings. The molecule has 14 heavy (non-hydrogen) atoms. The Labute approximate surface area is 84.6 Å². The van der Waals surface area contributed by atoms with Gasteiger partial charge < -0.3 is 0 Å². The van der Waals surface area contributed by atoms with Crippen LogP contribution in [-0.4, -0.2) is 10.2 Å². The molecule has 1 aromatic rings. The number of alkyl halides is 3. The van der Waals surface area contributed by atoms with E-state index < -0.39 is 11.7 Å². The van der Waals surface area contributed by atoms with E-state index in [1.807, 2.05) is 0 Å². The summed E-state index contributed by atoms with van der Waals surface area (Å²) in [4.78, 5) is 0. The summed E-state index contributed by atoms with van der Waals surface area (Å²) in [6.45, 7) is 0. The summed E-state index contributed by atoms with van der Waals surface area (Å²) in [6.07, 6.45) is -2.46. The molecule has 0 nitrogen and oxygen atoms in total. The lowest BCUT2D eigenvalue weighted by molar-refractivity contribution is -0.137. The first-order valence-electron chi connectivity index (χ1n) is 4.70. The molecule has 1 rings (SSSR count). The monoisotopic (exact) mass is 218 g/mol. The van der Waals surface area contributed by atoms with Crippen LogP contribution in [0.15, 0.2) is 24.3 Å². The van der Waals surface area contributed by atoms with Gasteiger partial charge in [-0.25, -0.2) is 0 Å². The van der Waals surface area contributed by atoms with Crippen LogP contribution in [0.2, 0.25) is 6.04 Å². The van der Waals surface area contributed by atoms with Gasteiger partial charge in [-0.1, -0.05) is 30.7 Å². The van der Waals surface area contributed by atoms with E-state index in [0.29, 0.717) is 0 Å².